The van der Waals surface area contributed by atoms with Crippen molar-refractivity contribution in [2.75, 3.05) is 20.2 Å². The van der Waals surface area contributed by atoms with E-state index in [1.54, 1.807) is 7.11 Å². The normalized spacial score (nSPS) is 23.2. The minimum absolute atomic E-state index is 0.578. The number of nitrogens with one attached hydrogen (secondary N) is 2. The number of hydrogen-bond donors (Lipinski definition) is 2. The van der Waals surface area contributed by atoms with Crippen molar-refractivity contribution in [2.45, 2.75) is 31.3 Å². The third-order valence-electron chi connectivity index (χ3n) is 3.75. The highest BCUT2D eigenvalue weighted by Crippen LogP contribution is 2.31. The van der Waals surface area contributed by atoms with Crippen molar-refractivity contribution in [3.63, 3.8) is 0 Å². The second kappa shape index (κ2) is 4.67. The van der Waals surface area contributed by atoms with E-state index in [4.69, 9.17) is 4.74 Å². The molecular formula is C14H20N2O. The third kappa shape index (κ3) is 2.31. The average molecular weight is 232 g/mol. The van der Waals surface area contributed by atoms with Gasteiger partial charge in [-0.1, -0.05) is 12.1 Å². The van der Waals surface area contributed by atoms with Crippen molar-refractivity contribution in [3.8, 4) is 5.75 Å². The highest BCUT2D eigenvalue weighted by molar-refractivity contribution is 5.43. The zero-order valence-corrected chi connectivity index (χ0v) is 10.3. The van der Waals surface area contributed by atoms with Gasteiger partial charge in [-0.05, 0) is 24.5 Å². The maximum absolute atomic E-state index is 5.44. The van der Waals surface area contributed by atoms with Crippen molar-refractivity contribution in [1.82, 2.24) is 10.6 Å². The van der Waals surface area contributed by atoms with Crippen LogP contribution >= 0.6 is 0 Å². The topological polar surface area (TPSA) is 33.3 Å². The molecular weight excluding hydrogens is 212 g/mol. The van der Waals surface area contributed by atoms with Crippen molar-refractivity contribution in [1.29, 1.82) is 0 Å². The van der Waals surface area contributed by atoms with E-state index < -0.39 is 0 Å². The number of methoxy groups -OCH3 is 1. The highest BCUT2D eigenvalue weighted by atomic mass is 16.5. The Balaban J connectivity index is 1.79. The van der Waals surface area contributed by atoms with E-state index in [9.17, 15) is 0 Å². The fourth-order valence-corrected chi connectivity index (χ4v) is 2.61. The van der Waals surface area contributed by atoms with Crippen LogP contribution in [0.25, 0.3) is 0 Å². The molecule has 92 valence electrons. The zero-order valence-electron chi connectivity index (χ0n) is 10.3. The Morgan fingerprint density at radius 2 is 2.29 bits per heavy atom. The Kier molecular flexibility index (Phi) is 3.04. The van der Waals surface area contributed by atoms with Crippen LogP contribution in [0.4, 0.5) is 0 Å². The van der Waals surface area contributed by atoms with Crippen LogP contribution in [-0.2, 0) is 6.54 Å². The zero-order chi connectivity index (χ0) is 11.7. The molecule has 1 saturated carbocycles. The summed E-state index contributed by atoms with van der Waals surface area (Å²) in [6.07, 6.45) is 2.70. The van der Waals surface area contributed by atoms with Crippen molar-refractivity contribution >= 4 is 0 Å². The van der Waals surface area contributed by atoms with Gasteiger partial charge in [0.1, 0.15) is 5.75 Å². The molecule has 3 rings (SSSR count). The minimum atomic E-state index is 0.578. The SMILES string of the molecule is COc1cccc2c1CNCC2CNC1CC1. The largest absolute Gasteiger partial charge is 0.496 e. The number of fused-ring (bicyclic) bond motifs is 1. The van der Waals surface area contributed by atoms with E-state index in [2.05, 4.69) is 28.8 Å². The van der Waals surface area contributed by atoms with Crippen molar-refractivity contribution < 1.29 is 4.74 Å². The van der Waals surface area contributed by atoms with Crippen LogP contribution in [0.2, 0.25) is 0 Å². The van der Waals surface area contributed by atoms with Crippen molar-refractivity contribution in [3.05, 3.63) is 29.3 Å². The Hall–Kier alpha value is -1.06. The smallest absolute Gasteiger partial charge is 0.123 e. The number of hydrogen-bond acceptors (Lipinski definition) is 3. The fourth-order valence-electron chi connectivity index (χ4n) is 2.61. The molecule has 1 aromatic rings. The molecule has 2 aliphatic rings. The fraction of sp³-hybridized carbons (Fsp3) is 0.571. The van der Waals surface area contributed by atoms with Crippen LogP contribution in [0.1, 0.15) is 29.9 Å². The van der Waals surface area contributed by atoms with Crippen LogP contribution in [-0.4, -0.2) is 26.2 Å². The Labute approximate surface area is 103 Å². The van der Waals surface area contributed by atoms with Gasteiger partial charge < -0.3 is 15.4 Å². The van der Waals surface area contributed by atoms with E-state index >= 15 is 0 Å². The molecule has 0 radical (unpaired) electrons. The first-order chi connectivity index (χ1) is 8.38. The van der Waals surface area contributed by atoms with Gasteiger partial charge in [0.05, 0.1) is 7.11 Å². The van der Waals surface area contributed by atoms with Gasteiger partial charge in [-0.15, -0.1) is 0 Å². The molecule has 3 heteroatoms. The van der Waals surface area contributed by atoms with Crippen LogP contribution in [0, 0.1) is 0 Å². The van der Waals surface area contributed by atoms with Gasteiger partial charge in [0.15, 0.2) is 0 Å². The third-order valence-corrected chi connectivity index (χ3v) is 3.75. The first-order valence-electron chi connectivity index (χ1n) is 6.48. The van der Waals surface area contributed by atoms with E-state index in [-0.39, 0.29) is 0 Å². The molecule has 0 aromatic heterocycles. The van der Waals surface area contributed by atoms with Gasteiger partial charge in [-0.2, -0.15) is 0 Å². The summed E-state index contributed by atoms with van der Waals surface area (Å²) in [5.41, 5.74) is 2.79. The summed E-state index contributed by atoms with van der Waals surface area (Å²) >= 11 is 0. The summed E-state index contributed by atoms with van der Waals surface area (Å²) in [5.74, 6) is 1.60. The first kappa shape index (κ1) is 11.1. The average Bonchev–Trinajstić information content (AvgIpc) is 3.19. The van der Waals surface area contributed by atoms with Crippen LogP contribution < -0.4 is 15.4 Å². The molecule has 1 fully saturated rings. The molecule has 0 bridgehead atoms. The Bertz CT molecular complexity index is 401. The summed E-state index contributed by atoms with van der Waals surface area (Å²) < 4.78 is 5.44. The molecule has 17 heavy (non-hydrogen) atoms. The van der Waals surface area contributed by atoms with Gasteiger partial charge >= 0.3 is 0 Å². The summed E-state index contributed by atoms with van der Waals surface area (Å²) in [4.78, 5) is 0. The number of benzene rings is 1. The summed E-state index contributed by atoms with van der Waals surface area (Å²) in [7, 11) is 1.75. The quantitative estimate of drug-likeness (QED) is 0.828. The predicted molar refractivity (Wildman–Crippen MR) is 68.5 cm³/mol. The molecule has 1 aliphatic heterocycles. The molecule has 0 amide bonds. The predicted octanol–water partition coefficient (Wildman–Crippen LogP) is 1.63. The lowest BCUT2D eigenvalue weighted by Crippen LogP contribution is -2.35. The van der Waals surface area contributed by atoms with Gasteiger partial charge in [-0.3, -0.25) is 0 Å². The molecule has 0 saturated heterocycles. The van der Waals surface area contributed by atoms with E-state index in [0.717, 1.165) is 31.4 Å². The lowest BCUT2D eigenvalue weighted by atomic mass is 9.90. The standard InChI is InChI=1S/C14H20N2O/c1-17-14-4-2-3-12-10(7-15-9-13(12)14)8-16-11-5-6-11/h2-4,10-11,15-16H,5-9H2,1H3. The lowest BCUT2D eigenvalue weighted by Gasteiger charge is -2.28. The first-order valence-corrected chi connectivity index (χ1v) is 6.48. The van der Waals surface area contributed by atoms with Gasteiger partial charge in [0.2, 0.25) is 0 Å². The van der Waals surface area contributed by atoms with E-state index in [1.807, 2.05) is 0 Å². The van der Waals surface area contributed by atoms with Crippen LogP contribution in [0.3, 0.4) is 0 Å². The minimum Gasteiger partial charge on any atom is -0.496 e. The Morgan fingerprint density at radius 3 is 3.06 bits per heavy atom. The van der Waals surface area contributed by atoms with Gasteiger partial charge in [-0.25, -0.2) is 0 Å². The molecule has 0 spiro atoms. The molecule has 1 aliphatic carbocycles. The van der Waals surface area contributed by atoms with Crippen LogP contribution in [0.15, 0.2) is 18.2 Å². The summed E-state index contributed by atoms with van der Waals surface area (Å²) in [6.45, 7) is 3.08. The molecule has 3 nitrogen and oxygen atoms in total. The second-order valence-electron chi connectivity index (χ2n) is 5.04. The van der Waals surface area contributed by atoms with Crippen LogP contribution in [0.5, 0.6) is 5.75 Å². The number of ether oxygens (including phenoxy) is 1. The summed E-state index contributed by atoms with van der Waals surface area (Å²) in [5, 5.41) is 7.11. The number of rotatable bonds is 4. The maximum atomic E-state index is 5.44. The maximum Gasteiger partial charge on any atom is 0.123 e. The Morgan fingerprint density at radius 1 is 1.41 bits per heavy atom. The molecule has 2 N–H and O–H groups in total. The molecule has 1 atom stereocenters. The van der Waals surface area contributed by atoms with E-state index in [1.165, 1.54) is 24.0 Å². The van der Waals surface area contributed by atoms with Gasteiger partial charge in [0, 0.05) is 37.2 Å². The monoisotopic (exact) mass is 232 g/mol. The second-order valence-corrected chi connectivity index (χ2v) is 5.04. The molecule has 1 aromatic carbocycles. The van der Waals surface area contributed by atoms with Gasteiger partial charge in [0.25, 0.3) is 0 Å². The van der Waals surface area contributed by atoms with E-state index in [0.29, 0.717) is 5.92 Å². The molecule has 1 unspecified atom stereocenters. The lowest BCUT2D eigenvalue weighted by molar-refractivity contribution is 0.399. The molecule has 1 heterocycles. The highest BCUT2D eigenvalue weighted by Gasteiger charge is 2.26. The summed E-state index contributed by atoms with van der Waals surface area (Å²) in [6, 6.07) is 7.19. The van der Waals surface area contributed by atoms with Crippen molar-refractivity contribution in [2.24, 2.45) is 0 Å².